The fourth-order valence-electron chi connectivity index (χ4n) is 3.73. The van der Waals surface area contributed by atoms with Crippen molar-refractivity contribution in [3.05, 3.63) is 89.5 Å². The van der Waals surface area contributed by atoms with Crippen molar-refractivity contribution in [3.63, 3.8) is 0 Å². The number of alkyl halides is 3. The monoisotopic (exact) mass is 437 g/mol. The lowest BCUT2D eigenvalue weighted by Gasteiger charge is -2.19. The number of nitrogens with one attached hydrogen (secondary N) is 1. The molecule has 1 atom stereocenters. The first-order chi connectivity index (χ1) is 15.3. The number of nitrogens with two attached hydrogens (primary N) is 1. The van der Waals surface area contributed by atoms with Crippen molar-refractivity contribution in [3.8, 4) is 0 Å². The first-order valence-electron chi connectivity index (χ1n) is 9.78. The van der Waals surface area contributed by atoms with E-state index in [0.29, 0.717) is 21.8 Å². The Morgan fingerprint density at radius 3 is 1.97 bits per heavy atom. The Kier molecular flexibility index (Phi) is 5.52. The predicted molar refractivity (Wildman–Crippen MR) is 115 cm³/mol. The molecular formula is C24H18F3N3O2. The summed E-state index contributed by atoms with van der Waals surface area (Å²) in [7, 11) is 0. The Morgan fingerprint density at radius 2 is 1.41 bits per heavy atom. The molecule has 0 aliphatic rings. The molecule has 3 aromatic carbocycles. The van der Waals surface area contributed by atoms with Crippen molar-refractivity contribution in [2.75, 3.05) is 0 Å². The second-order valence-electron chi connectivity index (χ2n) is 7.31. The van der Waals surface area contributed by atoms with Gasteiger partial charge in [-0.1, -0.05) is 54.6 Å². The molecule has 0 aliphatic heterocycles. The number of pyridine rings is 1. The molecule has 5 nitrogen and oxygen atoms in total. The zero-order valence-electron chi connectivity index (χ0n) is 16.7. The van der Waals surface area contributed by atoms with Crippen molar-refractivity contribution in [2.45, 2.75) is 18.6 Å². The molecular weight excluding hydrogens is 419 g/mol. The molecule has 0 spiro atoms. The van der Waals surface area contributed by atoms with E-state index in [2.05, 4.69) is 10.3 Å². The summed E-state index contributed by atoms with van der Waals surface area (Å²) >= 11 is 0. The van der Waals surface area contributed by atoms with Gasteiger partial charge in [-0.3, -0.25) is 9.59 Å². The number of nitrogens with zero attached hydrogens (tertiary/aromatic N) is 1. The molecule has 1 heterocycles. The van der Waals surface area contributed by atoms with Crippen LogP contribution in [0, 0.1) is 0 Å². The highest BCUT2D eigenvalue weighted by Crippen LogP contribution is 2.32. The number of rotatable bonds is 5. The number of aromatic nitrogens is 1. The third kappa shape index (κ3) is 4.12. The molecule has 162 valence electrons. The lowest BCUT2D eigenvalue weighted by Crippen LogP contribution is -2.46. The van der Waals surface area contributed by atoms with E-state index in [-0.39, 0.29) is 11.1 Å². The fraction of sp³-hybridized carbons (Fsp3) is 0.125. The van der Waals surface area contributed by atoms with Gasteiger partial charge in [0.05, 0.1) is 22.2 Å². The summed E-state index contributed by atoms with van der Waals surface area (Å²) in [5, 5.41) is 3.65. The van der Waals surface area contributed by atoms with E-state index in [1.807, 2.05) is 0 Å². The van der Waals surface area contributed by atoms with Crippen molar-refractivity contribution in [1.82, 2.24) is 10.3 Å². The molecule has 4 aromatic rings. The van der Waals surface area contributed by atoms with E-state index in [9.17, 15) is 22.8 Å². The summed E-state index contributed by atoms with van der Waals surface area (Å²) in [5.74, 6) is -1.55. The second-order valence-corrected chi connectivity index (χ2v) is 7.31. The quantitative estimate of drug-likeness (QED) is 0.458. The highest BCUT2D eigenvalue weighted by Gasteiger charge is 2.34. The highest BCUT2D eigenvalue weighted by molar-refractivity contribution is 6.16. The molecule has 8 heteroatoms. The molecule has 0 radical (unpaired) electrons. The van der Waals surface area contributed by atoms with Crippen LogP contribution in [0.15, 0.2) is 72.8 Å². The normalized spacial score (nSPS) is 12.6. The number of para-hydroxylation sites is 2. The Labute approximate surface area is 181 Å². The molecule has 4 rings (SSSR count). The number of carbonyl (C=O) groups excluding carboxylic acids is 2. The first kappa shape index (κ1) is 21.3. The van der Waals surface area contributed by atoms with Crippen molar-refractivity contribution in [2.24, 2.45) is 5.73 Å². The van der Waals surface area contributed by atoms with E-state index in [1.165, 1.54) is 18.2 Å². The molecule has 0 saturated heterocycles. The topological polar surface area (TPSA) is 85.1 Å². The average molecular weight is 437 g/mol. The van der Waals surface area contributed by atoms with E-state index in [4.69, 9.17) is 5.73 Å². The number of hydrogen-bond donors (Lipinski definition) is 2. The molecule has 0 saturated carbocycles. The van der Waals surface area contributed by atoms with Gasteiger partial charge in [-0.05, 0) is 23.8 Å². The number of primary amides is 1. The summed E-state index contributed by atoms with van der Waals surface area (Å²) in [6.45, 7) is 0. The summed E-state index contributed by atoms with van der Waals surface area (Å²) < 4.78 is 40.1. The summed E-state index contributed by atoms with van der Waals surface area (Å²) in [5.41, 5.74) is 5.88. The van der Waals surface area contributed by atoms with Crippen LogP contribution in [0.2, 0.25) is 0 Å². The van der Waals surface area contributed by atoms with Gasteiger partial charge < -0.3 is 11.1 Å². The lowest BCUT2D eigenvalue weighted by molar-refractivity contribution is -0.138. The van der Waals surface area contributed by atoms with E-state index in [0.717, 1.165) is 6.07 Å². The van der Waals surface area contributed by atoms with Crippen molar-refractivity contribution in [1.29, 1.82) is 0 Å². The van der Waals surface area contributed by atoms with Crippen LogP contribution in [0.1, 0.15) is 21.5 Å². The maximum absolute atomic E-state index is 13.4. The van der Waals surface area contributed by atoms with E-state index in [1.54, 1.807) is 48.5 Å². The van der Waals surface area contributed by atoms with Crippen LogP contribution in [-0.2, 0) is 17.4 Å². The summed E-state index contributed by atoms with van der Waals surface area (Å²) in [4.78, 5) is 29.9. The third-order valence-electron chi connectivity index (χ3n) is 5.21. The standard InChI is InChI=1S/C24H18F3N3O2/c25-24(26,27)17-10-4-1-7-14(17)13-20(22(28)31)30-23(32)21-15-8-2-5-11-18(15)29-19-12-6-3-9-16(19)21/h1-12,20H,13H2,(H2,28,31)(H,30,32)/t20-/m0/s1. The Hall–Kier alpha value is -3.94. The Morgan fingerprint density at radius 1 is 0.875 bits per heavy atom. The third-order valence-corrected chi connectivity index (χ3v) is 5.21. The van der Waals surface area contributed by atoms with E-state index < -0.39 is 36.0 Å². The largest absolute Gasteiger partial charge is 0.416 e. The molecule has 3 N–H and O–H groups in total. The molecule has 32 heavy (non-hydrogen) atoms. The summed E-state index contributed by atoms with van der Waals surface area (Å²) in [6, 6.07) is 17.6. The number of halogens is 3. The highest BCUT2D eigenvalue weighted by atomic mass is 19.4. The molecule has 0 aliphatic carbocycles. The predicted octanol–water partition coefficient (Wildman–Crippen LogP) is 4.23. The second kappa shape index (κ2) is 8.30. The molecule has 0 fully saturated rings. The molecule has 0 unspecified atom stereocenters. The maximum Gasteiger partial charge on any atom is 0.416 e. The van der Waals surface area contributed by atoms with Crippen LogP contribution in [0.4, 0.5) is 13.2 Å². The Bertz CT molecular complexity index is 1280. The van der Waals surface area contributed by atoms with E-state index >= 15 is 0 Å². The zero-order chi connectivity index (χ0) is 22.9. The minimum atomic E-state index is -4.60. The minimum Gasteiger partial charge on any atom is -0.368 e. The SMILES string of the molecule is NC(=O)[C@H](Cc1ccccc1C(F)(F)F)NC(=O)c1c2ccccc2nc2ccccc12. The van der Waals surface area contributed by atoms with Gasteiger partial charge in [0.15, 0.2) is 0 Å². The van der Waals surface area contributed by atoms with Crippen LogP contribution in [0.25, 0.3) is 21.8 Å². The molecule has 2 amide bonds. The maximum atomic E-state index is 13.4. The van der Waals surface area contributed by atoms with Gasteiger partial charge in [-0.25, -0.2) is 4.98 Å². The minimum absolute atomic E-state index is 0.131. The number of carbonyl (C=O) groups is 2. The van der Waals surface area contributed by atoms with Crippen LogP contribution in [-0.4, -0.2) is 22.8 Å². The lowest BCUT2D eigenvalue weighted by atomic mass is 9.98. The summed E-state index contributed by atoms with van der Waals surface area (Å²) in [6.07, 6.45) is -4.99. The molecule has 0 bridgehead atoms. The van der Waals surface area contributed by atoms with Gasteiger partial charge in [-0.15, -0.1) is 0 Å². The van der Waals surface area contributed by atoms with Crippen LogP contribution in [0.5, 0.6) is 0 Å². The van der Waals surface area contributed by atoms with Gasteiger partial charge in [0.25, 0.3) is 5.91 Å². The van der Waals surface area contributed by atoms with Crippen LogP contribution in [0.3, 0.4) is 0 Å². The smallest absolute Gasteiger partial charge is 0.368 e. The fourth-order valence-corrected chi connectivity index (χ4v) is 3.73. The number of amides is 2. The van der Waals surface area contributed by atoms with Crippen molar-refractivity contribution >= 4 is 33.6 Å². The van der Waals surface area contributed by atoms with Gasteiger partial charge in [0, 0.05) is 17.2 Å². The van der Waals surface area contributed by atoms with Crippen LogP contribution >= 0.6 is 0 Å². The van der Waals surface area contributed by atoms with Gasteiger partial charge in [0.1, 0.15) is 6.04 Å². The number of hydrogen-bond acceptors (Lipinski definition) is 3. The van der Waals surface area contributed by atoms with Gasteiger partial charge in [-0.2, -0.15) is 13.2 Å². The average Bonchev–Trinajstić information content (AvgIpc) is 2.76. The first-order valence-corrected chi connectivity index (χ1v) is 9.78. The van der Waals surface area contributed by atoms with Gasteiger partial charge in [0.2, 0.25) is 5.91 Å². The van der Waals surface area contributed by atoms with Crippen molar-refractivity contribution < 1.29 is 22.8 Å². The molecule has 1 aromatic heterocycles. The van der Waals surface area contributed by atoms with Crippen LogP contribution < -0.4 is 11.1 Å². The zero-order valence-corrected chi connectivity index (χ0v) is 16.7. The van der Waals surface area contributed by atoms with Gasteiger partial charge >= 0.3 is 6.18 Å². The Balaban J connectivity index is 1.74. The number of benzene rings is 3. The number of fused-ring (bicyclic) bond motifs is 2.